The van der Waals surface area contributed by atoms with Crippen molar-refractivity contribution in [3.8, 4) is 28.7 Å². The van der Waals surface area contributed by atoms with Crippen LogP contribution >= 0.6 is 0 Å². The maximum atomic E-state index is 12.6. The molecular formula is C22H22O9. The van der Waals surface area contributed by atoms with Crippen LogP contribution in [0.2, 0.25) is 0 Å². The molecule has 0 fully saturated rings. The summed E-state index contributed by atoms with van der Waals surface area (Å²) >= 11 is 0. The number of hydrogen-bond donors (Lipinski definition) is 1. The Morgan fingerprint density at radius 2 is 1.55 bits per heavy atom. The van der Waals surface area contributed by atoms with Crippen LogP contribution in [-0.4, -0.2) is 52.3 Å². The summed E-state index contributed by atoms with van der Waals surface area (Å²) < 4.78 is 31.9. The van der Waals surface area contributed by atoms with E-state index in [-0.39, 0.29) is 12.4 Å². The molecule has 164 valence electrons. The molecule has 0 saturated heterocycles. The van der Waals surface area contributed by atoms with Gasteiger partial charge in [0.05, 0.1) is 40.4 Å². The quantitative estimate of drug-likeness (QED) is 0.499. The van der Waals surface area contributed by atoms with E-state index in [1.807, 2.05) is 0 Å². The first-order valence-electron chi connectivity index (χ1n) is 9.17. The smallest absolute Gasteiger partial charge is 0.334 e. The van der Waals surface area contributed by atoms with Crippen molar-refractivity contribution in [1.29, 1.82) is 0 Å². The molecule has 0 aromatic heterocycles. The highest BCUT2D eigenvalue weighted by Gasteiger charge is 2.26. The summed E-state index contributed by atoms with van der Waals surface area (Å²) in [6.45, 7) is 0.0704. The molecule has 1 aliphatic rings. The molecule has 31 heavy (non-hydrogen) atoms. The first-order valence-corrected chi connectivity index (χ1v) is 9.17. The van der Waals surface area contributed by atoms with Gasteiger partial charge in [0.15, 0.2) is 23.0 Å². The van der Waals surface area contributed by atoms with Gasteiger partial charge in [0.25, 0.3) is 0 Å². The SMILES string of the molecule is COC(=O)C(CC(=O)O)=C(c1ccc2c(c1)OCO2)c1cc(OC)c(OC)c(OC)c1. The van der Waals surface area contributed by atoms with E-state index in [1.165, 1.54) is 28.4 Å². The van der Waals surface area contributed by atoms with Gasteiger partial charge in [0.1, 0.15) is 0 Å². The molecule has 0 unspecified atom stereocenters. The number of carbonyl (C=O) groups is 2. The molecule has 2 aromatic rings. The highest BCUT2D eigenvalue weighted by Crippen LogP contribution is 2.43. The Hall–Kier alpha value is -3.88. The number of ether oxygens (including phenoxy) is 6. The highest BCUT2D eigenvalue weighted by atomic mass is 16.7. The molecule has 0 saturated carbocycles. The number of rotatable bonds is 8. The van der Waals surface area contributed by atoms with Gasteiger partial charge in [-0.15, -0.1) is 0 Å². The maximum Gasteiger partial charge on any atom is 0.334 e. The molecule has 0 bridgehead atoms. The van der Waals surface area contributed by atoms with Gasteiger partial charge in [-0.2, -0.15) is 0 Å². The molecule has 0 spiro atoms. The van der Waals surface area contributed by atoms with Crippen molar-refractivity contribution < 1.29 is 43.1 Å². The third kappa shape index (κ3) is 4.35. The fraction of sp³-hybridized carbons (Fsp3) is 0.273. The Labute approximate surface area is 178 Å². The van der Waals surface area contributed by atoms with Gasteiger partial charge in [0, 0.05) is 5.57 Å². The molecular weight excluding hydrogens is 408 g/mol. The predicted octanol–water partition coefficient (Wildman–Crippen LogP) is 2.89. The predicted molar refractivity (Wildman–Crippen MR) is 109 cm³/mol. The summed E-state index contributed by atoms with van der Waals surface area (Å²) in [4.78, 5) is 24.2. The standard InChI is InChI=1S/C22H22O9/c1-26-17-8-13(9-18(27-2)21(17)28-3)20(14(10-19(23)24)22(25)29-4)12-5-6-15-16(7-12)31-11-30-15/h5-9H,10-11H2,1-4H3,(H,23,24). The van der Waals surface area contributed by atoms with Crippen molar-refractivity contribution in [3.63, 3.8) is 0 Å². The Balaban J connectivity index is 2.34. The number of carboxylic acids is 1. The number of carbonyl (C=O) groups excluding carboxylic acids is 1. The van der Waals surface area contributed by atoms with Gasteiger partial charge in [-0.05, 0) is 35.4 Å². The van der Waals surface area contributed by atoms with Gasteiger partial charge in [-0.25, -0.2) is 4.79 Å². The molecule has 0 atom stereocenters. The average molecular weight is 430 g/mol. The second kappa shape index (κ2) is 9.29. The highest BCUT2D eigenvalue weighted by molar-refractivity contribution is 6.05. The van der Waals surface area contributed by atoms with Crippen LogP contribution in [-0.2, 0) is 14.3 Å². The van der Waals surface area contributed by atoms with E-state index in [4.69, 9.17) is 28.4 Å². The van der Waals surface area contributed by atoms with Crippen LogP contribution in [0.1, 0.15) is 17.5 Å². The van der Waals surface area contributed by atoms with E-state index < -0.39 is 18.4 Å². The summed E-state index contributed by atoms with van der Waals surface area (Å²) in [7, 11) is 5.59. The van der Waals surface area contributed by atoms with Crippen molar-refractivity contribution in [3.05, 3.63) is 47.0 Å². The zero-order valence-corrected chi connectivity index (χ0v) is 17.5. The number of hydrogen-bond acceptors (Lipinski definition) is 8. The van der Waals surface area contributed by atoms with Crippen LogP contribution in [0.4, 0.5) is 0 Å². The molecule has 9 nitrogen and oxygen atoms in total. The van der Waals surface area contributed by atoms with Crippen LogP contribution in [0.15, 0.2) is 35.9 Å². The van der Waals surface area contributed by atoms with E-state index in [0.717, 1.165) is 0 Å². The maximum absolute atomic E-state index is 12.6. The summed E-state index contributed by atoms with van der Waals surface area (Å²) in [5.41, 5.74) is 1.27. The minimum Gasteiger partial charge on any atom is -0.493 e. The Morgan fingerprint density at radius 1 is 0.903 bits per heavy atom. The minimum atomic E-state index is -1.19. The minimum absolute atomic E-state index is 0.0526. The van der Waals surface area contributed by atoms with Gasteiger partial charge in [-0.1, -0.05) is 6.07 Å². The average Bonchev–Trinajstić information content (AvgIpc) is 3.25. The molecule has 0 amide bonds. The molecule has 0 aliphatic carbocycles. The lowest BCUT2D eigenvalue weighted by molar-refractivity contribution is -0.141. The lowest BCUT2D eigenvalue weighted by Crippen LogP contribution is -2.13. The number of esters is 1. The molecule has 0 radical (unpaired) electrons. The second-order valence-corrected chi connectivity index (χ2v) is 6.40. The van der Waals surface area contributed by atoms with Crippen molar-refractivity contribution in [2.45, 2.75) is 6.42 Å². The first-order chi connectivity index (χ1) is 14.9. The van der Waals surface area contributed by atoms with Gasteiger partial charge < -0.3 is 33.5 Å². The van der Waals surface area contributed by atoms with Crippen LogP contribution in [0.3, 0.4) is 0 Å². The number of fused-ring (bicyclic) bond motifs is 1. The summed E-state index contributed by atoms with van der Waals surface area (Å²) in [5, 5.41) is 9.45. The lowest BCUT2D eigenvalue weighted by Gasteiger charge is -2.18. The molecule has 9 heteroatoms. The van der Waals surface area contributed by atoms with Gasteiger partial charge >= 0.3 is 11.9 Å². The zero-order chi connectivity index (χ0) is 22.5. The fourth-order valence-corrected chi connectivity index (χ4v) is 3.33. The van der Waals surface area contributed by atoms with E-state index in [1.54, 1.807) is 30.3 Å². The van der Waals surface area contributed by atoms with Crippen molar-refractivity contribution >= 4 is 17.5 Å². The van der Waals surface area contributed by atoms with Crippen LogP contribution < -0.4 is 23.7 Å². The molecule has 1 heterocycles. The number of methoxy groups -OCH3 is 4. The Bertz CT molecular complexity index is 1010. The van der Waals surface area contributed by atoms with Gasteiger partial charge in [0.2, 0.25) is 12.5 Å². The van der Waals surface area contributed by atoms with Gasteiger partial charge in [-0.3, -0.25) is 4.79 Å². The largest absolute Gasteiger partial charge is 0.493 e. The Kier molecular flexibility index (Phi) is 6.54. The second-order valence-electron chi connectivity index (χ2n) is 6.40. The fourth-order valence-electron chi connectivity index (χ4n) is 3.33. The molecule has 2 aromatic carbocycles. The van der Waals surface area contributed by atoms with Crippen molar-refractivity contribution in [2.75, 3.05) is 35.2 Å². The summed E-state index contributed by atoms with van der Waals surface area (Å²) in [6, 6.07) is 8.33. The number of aliphatic carboxylic acids is 1. The molecule has 1 N–H and O–H groups in total. The lowest BCUT2D eigenvalue weighted by atomic mass is 9.90. The summed E-state index contributed by atoms with van der Waals surface area (Å²) in [6.07, 6.45) is -0.562. The monoisotopic (exact) mass is 430 g/mol. The molecule has 3 rings (SSSR count). The van der Waals surface area contributed by atoms with E-state index in [2.05, 4.69) is 0 Å². The van der Waals surface area contributed by atoms with Crippen molar-refractivity contribution in [1.82, 2.24) is 0 Å². The van der Waals surface area contributed by atoms with E-state index in [9.17, 15) is 14.7 Å². The van der Waals surface area contributed by atoms with Crippen LogP contribution in [0.25, 0.3) is 5.57 Å². The first kappa shape index (κ1) is 21.8. The van der Waals surface area contributed by atoms with Crippen molar-refractivity contribution in [2.24, 2.45) is 0 Å². The van der Waals surface area contributed by atoms with Crippen LogP contribution in [0.5, 0.6) is 28.7 Å². The third-order valence-electron chi connectivity index (χ3n) is 4.68. The third-order valence-corrected chi connectivity index (χ3v) is 4.68. The molecule has 1 aliphatic heterocycles. The number of benzene rings is 2. The topological polar surface area (TPSA) is 110 Å². The number of carboxylic acid groups (broad SMARTS) is 1. The van der Waals surface area contributed by atoms with E-state index >= 15 is 0 Å². The zero-order valence-electron chi connectivity index (χ0n) is 17.5. The van der Waals surface area contributed by atoms with Crippen LogP contribution in [0, 0.1) is 0 Å². The van der Waals surface area contributed by atoms with E-state index in [0.29, 0.717) is 45.4 Å². The Morgan fingerprint density at radius 3 is 2.10 bits per heavy atom. The summed E-state index contributed by atoms with van der Waals surface area (Å²) in [5.74, 6) is 0.101. The normalized spacial score (nSPS) is 12.6.